The number of furan rings is 1. The Morgan fingerprint density at radius 1 is 0.855 bits per heavy atom. The van der Waals surface area contributed by atoms with Gasteiger partial charge in [0.15, 0.2) is 5.76 Å². The lowest BCUT2D eigenvalue weighted by Crippen LogP contribution is -2.48. The summed E-state index contributed by atoms with van der Waals surface area (Å²) in [6.45, 7) is 4.77. The zero-order valence-electron chi connectivity index (χ0n) is 30.5. The molecule has 0 saturated carbocycles. The van der Waals surface area contributed by atoms with Crippen molar-refractivity contribution in [3.8, 4) is 0 Å². The molecule has 3 unspecified atom stereocenters. The van der Waals surface area contributed by atoms with Crippen molar-refractivity contribution in [3.05, 3.63) is 142 Å². The number of Topliss-reactive ketones (excluding diaryl/α,β-unsaturated/α-hetero) is 1. The molecule has 0 aliphatic heterocycles. The maximum absolute atomic E-state index is 14.5. The van der Waals surface area contributed by atoms with Gasteiger partial charge in [0.05, 0.1) is 11.0 Å². The van der Waals surface area contributed by atoms with Crippen LogP contribution in [0, 0.1) is 16.0 Å². The van der Waals surface area contributed by atoms with Crippen molar-refractivity contribution >= 4 is 51.7 Å². The van der Waals surface area contributed by atoms with E-state index in [1.165, 1.54) is 23.1 Å². The predicted molar refractivity (Wildman–Crippen MR) is 203 cm³/mol. The first-order valence-electron chi connectivity index (χ1n) is 17.7. The van der Waals surface area contributed by atoms with E-state index in [1.54, 1.807) is 63.2 Å². The fraction of sp³-hybridized carbons (Fsp3) is 0.262. The van der Waals surface area contributed by atoms with Gasteiger partial charge in [0, 0.05) is 49.2 Å². The Balaban J connectivity index is 1.54. The molecule has 1 aromatic heterocycles. The van der Waals surface area contributed by atoms with Gasteiger partial charge in [-0.15, -0.1) is 0 Å². The summed E-state index contributed by atoms with van der Waals surface area (Å²) in [5.74, 6) is -6.87. The van der Waals surface area contributed by atoms with Gasteiger partial charge in [0.1, 0.15) is 11.7 Å². The van der Waals surface area contributed by atoms with E-state index in [9.17, 15) is 39.2 Å². The number of ether oxygens (including phenoxy) is 1. The van der Waals surface area contributed by atoms with Crippen LogP contribution in [-0.4, -0.2) is 56.6 Å². The summed E-state index contributed by atoms with van der Waals surface area (Å²) in [5.41, 5.74) is 1.64. The molecule has 0 saturated heterocycles. The number of non-ortho nitro benzene ring substituents is 1. The molecule has 13 heteroatoms. The number of anilines is 1. The number of amides is 2. The molecule has 5 rings (SSSR count). The summed E-state index contributed by atoms with van der Waals surface area (Å²) >= 11 is 0. The molecular formula is C42H41N3O10. The standard InChI is InChI=1S/C42H41N3O10/c1-26(2)54-42(51)35(20-22-38(46)47)39(48)41(50)44(25-28-13-14-29-9-7-8-10-31(29)23-28)27(3)36(30-15-17-33(18-16-30)45(52)53)24-34-19-21-37(55-34)40(49)43-32-11-5-4-6-12-32/h4-19,21,23,26-27,35-36H,20,22,24-25H2,1-3H3,(H,43,49)(H,46,47). The number of fused-ring (bicyclic) bond motifs is 1. The number of para-hydroxylation sites is 1. The molecule has 0 spiro atoms. The van der Waals surface area contributed by atoms with E-state index in [4.69, 9.17) is 9.15 Å². The van der Waals surface area contributed by atoms with E-state index >= 15 is 0 Å². The number of nitro groups is 1. The highest BCUT2D eigenvalue weighted by Gasteiger charge is 2.39. The predicted octanol–water partition coefficient (Wildman–Crippen LogP) is 7.34. The van der Waals surface area contributed by atoms with E-state index in [0.717, 1.165) is 10.8 Å². The van der Waals surface area contributed by atoms with Gasteiger partial charge in [-0.05, 0) is 79.4 Å². The third-order valence-corrected chi connectivity index (χ3v) is 9.18. The molecule has 3 atom stereocenters. The minimum atomic E-state index is -1.68. The second kappa shape index (κ2) is 17.9. The van der Waals surface area contributed by atoms with Crippen molar-refractivity contribution in [2.75, 3.05) is 5.32 Å². The van der Waals surface area contributed by atoms with Crippen LogP contribution >= 0.6 is 0 Å². The van der Waals surface area contributed by atoms with Crippen molar-refractivity contribution in [2.24, 2.45) is 5.92 Å². The molecule has 0 radical (unpaired) electrons. The topological polar surface area (TPSA) is 186 Å². The maximum atomic E-state index is 14.5. The zero-order chi connectivity index (χ0) is 39.6. The number of carboxylic acids is 1. The van der Waals surface area contributed by atoms with Crippen LogP contribution in [0.3, 0.4) is 0 Å². The summed E-state index contributed by atoms with van der Waals surface area (Å²) in [7, 11) is 0. The third-order valence-electron chi connectivity index (χ3n) is 9.18. The number of benzene rings is 4. The number of carbonyl (C=O) groups excluding carboxylic acids is 4. The highest BCUT2D eigenvalue weighted by Crippen LogP contribution is 2.32. The van der Waals surface area contributed by atoms with Gasteiger partial charge in [0.2, 0.25) is 5.78 Å². The molecule has 2 N–H and O–H groups in total. The normalized spacial score (nSPS) is 12.7. The largest absolute Gasteiger partial charge is 0.481 e. The van der Waals surface area contributed by atoms with Crippen LogP contribution in [0.1, 0.15) is 67.0 Å². The van der Waals surface area contributed by atoms with Gasteiger partial charge in [-0.3, -0.25) is 34.1 Å². The number of carbonyl (C=O) groups is 5. The van der Waals surface area contributed by atoms with Crippen molar-refractivity contribution in [1.82, 2.24) is 4.90 Å². The number of hydrogen-bond acceptors (Lipinski definition) is 9. The monoisotopic (exact) mass is 747 g/mol. The van der Waals surface area contributed by atoms with Crippen molar-refractivity contribution in [1.29, 1.82) is 0 Å². The van der Waals surface area contributed by atoms with Gasteiger partial charge in [-0.1, -0.05) is 66.7 Å². The number of nitrogens with one attached hydrogen (secondary N) is 1. The van der Waals surface area contributed by atoms with Crippen LogP contribution in [0.4, 0.5) is 11.4 Å². The molecule has 13 nitrogen and oxygen atoms in total. The van der Waals surface area contributed by atoms with Crippen LogP contribution in [0.5, 0.6) is 0 Å². The first-order chi connectivity index (χ1) is 26.3. The lowest BCUT2D eigenvalue weighted by molar-refractivity contribution is -0.384. The van der Waals surface area contributed by atoms with Crippen molar-refractivity contribution in [2.45, 2.75) is 64.6 Å². The van der Waals surface area contributed by atoms with Crippen LogP contribution in [0.15, 0.2) is 114 Å². The maximum Gasteiger partial charge on any atom is 0.317 e. The fourth-order valence-electron chi connectivity index (χ4n) is 6.33. The van der Waals surface area contributed by atoms with E-state index in [1.807, 2.05) is 48.5 Å². The number of aliphatic carboxylic acids is 1. The average Bonchev–Trinajstić information content (AvgIpc) is 3.64. The lowest BCUT2D eigenvalue weighted by atomic mass is 9.86. The highest BCUT2D eigenvalue weighted by molar-refractivity contribution is 6.40. The molecule has 2 amide bonds. The van der Waals surface area contributed by atoms with Crippen LogP contribution in [0.25, 0.3) is 10.8 Å². The van der Waals surface area contributed by atoms with Crippen LogP contribution < -0.4 is 5.32 Å². The van der Waals surface area contributed by atoms with Gasteiger partial charge >= 0.3 is 11.9 Å². The minimum Gasteiger partial charge on any atom is -0.481 e. The molecule has 0 fully saturated rings. The quantitative estimate of drug-likeness (QED) is 0.0320. The number of carboxylic acid groups (broad SMARTS) is 1. The van der Waals surface area contributed by atoms with Gasteiger partial charge in [-0.2, -0.15) is 0 Å². The molecular weight excluding hydrogens is 706 g/mol. The van der Waals surface area contributed by atoms with Crippen LogP contribution in [0.2, 0.25) is 0 Å². The Hall–Kier alpha value is -6.63. The van der Waals surface area contributed by atoms with E-state index in [2.05, 4.69) is 5.32 Å². The van der Waals surface area contributed by atoms with Gasteiger partial charge in [-0.25, -0.2) is 0 Å². The van der Waals surface area contributed by atoms with Crippen LogP contribution in [-0.2, 0) is 36.9 Å². The van der Waals surface area contributed by atoms with E-state index in [-0.39, 0.29) is 24.4 Å². The second-order valence-electron chi connectivity index (χ2n) is 13.4. The van der Waals surface area contributed by atoms with E-state index < -0.39 is 71.3 Å². The number of nitro benzene ring substituents is 1. The first-order valence-corrected chi connectivity index (χ1v) is 17.7. The number of nitrogens with zero attached hydrogens (tertiary/aromatic N) is 2. The summed E-state index contributed by atoms with van der Waals surface area (Å²) in [6, 6.07) is 30.1. The molecule has 0 aliphatic carbocycles. The molecule has 55 heavy (non-hydrogen) atoms. The number of hydrogen-bond donors (Lipinski definition) is 2. The average molecular weight is 748 g/mol. The highest BCUT2D eigenvalue weighted by atomic mass is 16.6. The summed E-state index contributed by atoms with van der Waals surface area (Å²) in [4.78, 5) is 78.6. The van der Waals surface area contributed by atoms with Crippen molar-refractivity contribution < 1.29 is 43.2 Å². The summed E-state index contributed by atoms with van der Waals surface area (Å²) < 4.78 is 11.3. The molecule has 284 valence electrons. The Bertz CT molecular complexity index is 2180. The smallest absolute Gasteiger partial charge is 0.317 e. The zero-order valence-corrected chi connectivity index (χ0v) is 30.5. The lowest BCUT2D eigenvalue weighted by Gasteiger charge is -2.35. The fourth-order valence-corrected chi connectivity index (χ4v) is 6.33. The molecule has 0 bridgehead atoms. The summed E-state index contributed by atoms with van der Waals surface area (Å²) in [5, 5.41) is 25.5. The van der Waals surface area contributed by atoms with E-state index in [0.29, 0.717) is 22.6 Å². The Kier molecular flexibility index (Phi) is 12.9. The molecule has 1 heterocycles. The SMILES string of the molecule is CC(C)OC(=O)C(CCC(=O)O)C(=O)C(=O)N(Cc1ccc2ccccc2c1)C(C)C(Cc1ccc(C(=O)Nc2ccccc2)o1)c1ccc([N+](=O)[O-])cc1. The number of ketones is 1. The van der Waals surface area contributed by atoms with Gasteiger partial charge < -0.3 is 24.5 Å². The Morgan fingerprint density at radius 2 is 1.53 bits per heavy atom. The Morgan fingerprint density at radius 3 is 2.18 bits per heavy atom. The second-order valence-corrected chi connectivity index (χ2v) is 13.4. The van der Waals surface area contributed by atoms with Gasteiger partial charge in [0.25, 0.3) is 17.5 Å². The number of rotatable bonds is 17. The molecule has 0 aliphatic rings. The molecule has 4 aromatic carbocycles. The Labute approximate surface area is 317 Å². The third kappa shape index (κ3) is 10.3. The number of esters is 1. The minimum absolute atomic E-state index is 0.0261. The summed E-state index contributed by atoms with van der Waals surface area (Å²) in [6.07, 6.45) is -1.54. The van der Waals surface area contributed by atoms with Crippen molar-refractivity contribution in [3.63, 3.8) is 0 Å². The first kappa shape index (κ1) is 39.6. The molecule has 5 aromatic rings.